The lowest BCUT2D eigenvalue weighted by atomic mass is 9.85. The van der Waals surface area contributed by atoms with E-state index in [1.807, 2.05) is 42.5 Å². The maximum Gasteiger partial charge on any atom is 0.0825 e. The zero-order valence-electron chi connectivity index (χ0n) is 11.9. The van der Waals surface area contributed by atoms with E-state index >= 15 is 0 Å². The molecule has 1 saturated heterocycles. The molecule has 2 aromatic carbocycles. The Labute approximate surface area is 130 Å². The van der Waals surface area contributed by atoms with Crippen molar-refractivity contribution in [1.29, 1.82) is 0 Å². The van der Waals surface area contributed by atoms with Crippen LogP contribution in [0, 0.1) is 5.92 Å². The predicted octanol–water partition coefficient (Wildman–Crippen LogP) is 4.04. The molecule has 21 heavy (non-hydrogen) atoms. The second-order valence-electron chi connectivity index (χ2n) is 5.63. The lowest BCUT2D eigenvalue weighted by Gasteiger charge is -2.28. The van der Waals surface area contributed by atoms with Crippen molar-refractivity contribution in [2.45, 2.75) is 18.9 Å². The summed E-state index contributed by atoms with van der Waals surface area (Å²) in [4.78, 5) is 0. The fraction of sp³-hybridized carbons (Fsp3) is 0.333. The Morgan fingerprint density at radius 3 is 2.38 bits per heavy atom. The molecule has 2 N–H and O–H groups in total. The van der Waals surface area contributed by atoms with Gasteiger partial charge in [-0.2, -0.15) is 0 Å². The second kappa shape index (κ2) is 6.61. The highest BCUT2D eigenvalue weighted by Crippen LogP contribution is 2.35. The number of hydrogen-bond donors (Lipinski definition) is 2. The SMILES string of the molecule is O[C@H](c1ccccc1-c1ccc(Cl)cc1)C1CCNCC1. The summed E-state index contributed by atoms with van der Waals surface area (Å²) in [6, 6.07) is 15.9. The van der Waals surface area contributed by atoms with Gasteiger partial charge in [0.1, 0.15) is 0 Å². The Morgan fingerprint density at radius 1 is 1.00 bits per heavy atom. The molecular formula is C18H20ClNO. The average Bonchev–Trinajstić information content (AvgIpc) is 2.56. The smallest absolute Gasteiger partial charge is 0.0825 e. The summed E-state index contributed by atoms with van der Waals surface area (Å²) in [5, 5.41) is 14.9. The molecule has 0 aliphatic carbocycles. The normalized spacial score (nSPS) is 17.6. The van der Waals surface area contributed by atoms with Gasteiger partial charge >= 0.3 is 0 Å². The van der Waals surface area contributed by atoms with Crippen molar-refractivity contribution in [3.8, 4) is 11.1 Å². The van der Waals surface area contributed by atoms with E-state index in [1.54, 1.807) is 0 Å². The molecule has 3 heteroatoms. The fourth-order valence-corrected chi connectivity index (χ4v) is 3.19. The largest absolute Gasteiger partial charge is 0.388 e. The molecule has 0 aromatic heterocycles. The summed E-state index contributed by atoms with van der Waals surface area (Å²) in [6.45, 7) is 1.98. The number of hydrogen-bond acceptors (Lipinski definition) is 2. The number of nitrogens with one attached hydrogen (secondary N) is 1. The first-order valence-corrected chi connectivity index (χ1v) is 7.87. The van der Waals surface area contributed by atoms with Crippen molar-refractivity contribution in [1.82, 2.24) is 5.32 Å². The highest BCUT2D eigenvalue weighted by atomic mass is 35.5. The fourth-order valence-electron chi connectivity index (χ4n) is 3.06. The van der Waals surface area contributed by atoms with E-state index in [0.29, 0.717) is 5.92 Å². The van der Waals surface area contributed by atoms with Gasteiger partial charge in [0.25, 0.3) is 0 Å². The molecule has 0 unspecified atom stereocenters. The molecule has 0 spiro atoms. The van der Waals surface area contributed by atoms with Gasteiger partial charge in [0.2, 0.25) is 0 Å². The molecule has 3 rings (SSSR count). The summed E-state index contributed by atoms with van der Waals surface area (Å²) in [7, 11) is 0. The number of piperidine rings is 1. The van der Waals surface area contributed by atoms with Gasteiger partial charge in [0, 0.05) is 5.02 Å². The van der Waals surface area contributed by atoms with Crippen LogP contribution < -0.4 is 5.32 Å². The van der Waals surface area contributed by atoms with E-state index in [0.717, 1.165) is 47.6 Å². The minimum Gasteiger partial charge on any atom is -0.388 e. The molecule has 1 aliphatic rings. The molecule has 0 radical (unpaired) electrons. The van der Waals surface area contributed by atoms with Crippen LogP contribution in [0.5, 0.6) is 0 Å². The van der Waals surface area contributed by atoms with Gasteiger partial charge in [-0.1, -0.05) is 48.0 Å². The van der Waals surface area contributed by atoms with Gasteiger partial charge in [-0.25, -0.2) is 0 Å². The van der Waals surface area contributed by atoms with E-state index in [1.165, 1.54) is 0 Å². The quantitative estimate of drug-likeness (QED) is 0.897. The monoisotopic (exact) mass is 301 g/mol. The molecule has 0 saturated carbocycles. The van der Waals surface area contributed by atoms with E-state index in [2.05, 4.69) is 11.4 Å². The predicted molar refractivity (Wildman–Crippen MR) is 87.4 cm³/mol. The Kier molecular flexibility index (Phi) is 4.59. The summed E-state index contributed by atoms with van der Waals surface area (Å²) >= 11 is 5.97. The zero-order valence-corrected chi connectivity index (χ0v) is 12.7. The third-order valence-electron chi connectivity index (χ3n) is 4.26. The summed E-state index contributed by atoms with van der Waals surface area (Å²) in [6.07, 6.45) is 1.64. The van der Waals surface area contributed by atoms with Gasteiger partial charge in [-0.05, 0) is 60.7 Å². The van der Waals surface area contributed by atoms with Crippen molar-refractivity contribution < 1.29 is 5.11 Å². The van der Waals surface area contributed by atoms with Crippen molar-refractivity contribution in [3.05, 3.63) is 59.1 Å². The van der Waals surface area contributed by atoms with Crippen molar-refractivity contribution >= 4 is 11.6 Å². The molecule has 1 atom stereocenters. The standard InChI is InChI=1S/C18H20ClNO/c19-15-7-5-13(6-8-15)16-3-1-2-4-17(16)18(21)14-9-11-20-12-10-14/h1-8,14,18,20-21H,9-12H2/t18-/m0/s1. The summed E-state index contributed by atoms with van der Waals surface area (Å²) in [5.74, 6) is 0.333. The maximum absolute atomic E-state index is 10.8. The molecule has 1 aliphatic heterocycles. The zero-order chi connectivity index (χ0) is 14.7. The lowest BCUT2D eigenvalue weighted by Crippen LogP contribution is -2.31. The van der Waals surface area contributed by atoms with Crippen molar-refractivity contribution in [3.63, 3.8) is 0 Å². The van der Waals surface area contributed by atoms with Gasteiger partial charge < -0.3 is 10.4 Å². The van der Waals surface area contributed by atoms with Crippen LogP contribution in [0.2, 0.25) is 5.02 Å². The third kappa shape index (κ3) is 3.29. The highest BCUT2D eigenvalue weighted by Gasteiger charge is 2.24. The minimum absolute atomic E-state index is 0.333. The van der Waals surface area contributed by atoms with Gasteiger partial charge in [0.15, 0.2) is 0 Å². The summed E-state index contributed by atoms with van der Waals surface area (Å²) in [5.41, 5.74) is 3.22. The first-order valence-electron chi connectivity index (χ1n) is 7.49. The van der Waals surface area contributed by atoms with Crippen LogP contribution in [0.1, 0.15) is 24.5 Å². The van der Waals surface area contributed by atoms with Crippen LogP contribution in [0.4, 0.5) is 0 Å². The van der Waals surface area contributed by atoms with Crippen LogP contribution in [-0.2, 0) is 0 Å². The van der Waals surface area contributed by atoms with Crippen molar-refractivity contribution in [2.24, 2.45) is 5.92 Å². The van der Waals surface area contributed by atoms with Crippen LogP contribution in [0.3, 0.4) is 0 Å². The topological polar surface area (TPSA) is 32.3 Å². The van der Waals surface area contributed by atoms with E-state index in [4.69, 9.17) is 11.6 Å². The molecule has 2 nitrogen and oxygen atoms in total. The number of benzene rings is 2. The third-order valence-corrected chi connectivity index (χ3v) is 4.52. The molecule has 2 aromatic rings. The molecule has 1 fully saturated rings. The van der Waals surface area contributed by atoms with E-state index in [9.17, 15) is 5.11 Å². The van der Waals surface area contributed by atoms with Crippen LogP contribution >= 0.6 is 11.6 Å². The Hall–Kier alpha value is -1.35. The van der Waals surface area contributed by atoms with E-state index < -0.39 is 6.10 Å². The lowest BCUT2D eigenvalue weighted by molar-refractivity contribution is 0.0894. The number of rotatable bonds is 3. The molecule has 0 bridgehead atoms. The Morgan fingerprint density at radius 2 is 1.67 bits per heavy atom. The molecular weight excluding hydrogens is 282 g/mol. The number of aliphatic hydroxyl groups excluding tert-OH is 1. The second-order valence-corrected chi connectivity index (χ2v) is 6.06. The first kappa shape index (κ1) is 14.6. The minimum atomic E-state index is -0.404. The van der Waals surface area contributed by atoms with Crippen LogP contribution in [-0.4, -0.2) is 18.2 Å². The van der Waals surface area contributed by atoms with Crippen molar-refractivity contribution in [2.75, 3.05) is 13.1 Å². The van der Waals surface area contributed by atoms with E-state index in [-0.39, 0.29) is 0 Å². The Bertz CT molecular complexity index is 590. The van der Waals surface area contributed by atoms with Gasteiger partial charge in [-0.3, -0.25) is 0 Å². The molecule has 110 valence electrons. The maximum atomic E-state index is 10.8. The molecule has 1 heterocycles. The molecule has 0 amide bonds. The summed E-state index contributed by atoms with van der Waals surface area (Å²) < 4.78 is 0. The first-order chi connectivity index (χ1) is 10.3. The van der Waals surface area contributed by atoms with Gasteiger partial charge in [-0.15, -0.1) is 0 Å². The Balaban J connectivity index is 1.93. The van der Waals surface area contributed by atoms with Gasteiger partial charge in [0.05, 0.1) is 6.10 Å². The average molecular weight is 302 g/mol. The highest BCUT2D eigenvalue weighted by molar-refractivity contribution is 6.30. The van der Waals surface area contributed by atoms with Crippen LogP contribution in [0.15, 0.2) is 48.5 Å². The number of halogens is 1. The van der Waals surface area contributed by atoms with Crippen LogP contribution in [0.25, 0.3) is 11.1 Å². The number of aliphatic hydroxyl groups is 1.